The van der Waals surface area contributed by atoms with Crippen LogP contribution in [0.15, 0.2) is 0 Å². The van der Waals surface area contributed by atoms with E-state index in [2.05, 4.69) is 0 Å². The van der Waals surface area contributed by atoms with Crippen molar-refractivity contribution in [1.82, 2.24) is 4.90 Å². The van der Waals surface area contributed by atoms with Crippen molar-refractivity contribution in [1.29, 1.82) is 0 Å². The summed E-state index contributed by atoms with van der Waals surface area (Å²) in [5, 5.41) is 0. The number of methoxy groups -OCH3 is 1. The zero-order valence-corrected chi connectivity index (χ0v) is 14.8. The van der Waals surface area contributed by atoms with Crippen LogP contribution in [0.4, 0.5) is 4.79 Å². The Hall–Kier alpha value is -1.14. The number of ether oxygens (including phenoxy) is 3. The van der Waals surface area contributed by atoms with Gasteiger partial charge in [0.1, 0.15) is 6.10 Å². The maximum absolute atomic E-state index is 12.4. The maximum Gasteiger partial charge on any atom is 0.417 e. The van der Waals surface area contributed by atoms with E-state index in [1.54, 1.807) is 13.8 Å². The number of likely N-dealkylation sites (tertiary alicyclic amines) is 1. The predicted molar refractivity (Wildman–Crippen MR) is 84.8 cm³/mol. The van der Waals surface area contributed by atoms with Gasteiger partial charge in [-0.05, 0) is 45.4 Å². The van der Waals surface area contributed by atoms with Gasteiger partial charge in [-0.3, -0.25) is 4.79 Å². The Labute approximate surface area is 138 Å². The monoisotopic (exact) mass is 327 g/mol. The van der Waals surface area contributed by atoms with Gasteiger partial charge >= 0.3 is 6.09 Å². The molecule has 23 heavy (non-hydrogen) atoms. The van der Waals surface area contributed by atoms with E-state index in [0.717, 1.165) is 25.7 Å². The van der Waals surface area contributed by atoms with Crippen LogP contribution in [0.1, 0.15) is 59.8 Å². The summed E-state index contributed by atoms with van der Waals surface area (Å²) in [7, 11) is 1.53. The molecular formula is C17H29NO5. The number of carbonyl (C=O) groups excluding carboxylic acids is 2. The number of β-lactam (4-membered cyclic amide) rings is 1. The number of nitrogens with zero attached hydrogens (tertiary/aromatic N) is 1. The summed E-state index contributed by atoms with van der Waals surface area (Å²) in [4.78, 5) is 26.0. The topological polar surface area (TPSA) is 65.1 Å². The van der Waals surface area contributed by atoms with Crippen molar-refractivity contribution in [2.24, 2.45) is 5.92 Å². The standard InChI is InChI=1S/C17H29NO5/c1-11(2)13-14(23-17(3,4)21-5)15(19)18(13)16(20)22-12-9-7-6-8-10-12/h11-14H,6-10H2,1-5H3/t13-,14+/m0/s1. The third kappa shape index (κ3) is 4.04. The average Bonchev–Trinajstić information content (AvgIpc) is 2.50. The Morgan fingerprint density at radius 2 is 1.83 bits per heavy atom. The molecule has 1 aliphatic carbocycles. The van der Waals surface area contributed by atoms with Gasteiger partial charge in [0.15, 0.2) is 11.9 Å². The van der Waals surface area contributed by atoms with Crippen molar-refractivity contribution in [2.45, 2.75) is 83.8 Å². The second-order valence-electron chi connectivity index (χ2n) is 7.23. The van der Waals surface area contributed by atoms with E-state index in [4.69, 9.17) is 14.2 Å². The van der Waals surface area contributed by atoms with Crippen molar-refractivity contribution >= 4 is 12.0 Å². The lowest BCUT2D eigenvalue weighted by Gasteiger charge is -2.48. The Morgan fingerprint density at radius 3 is 2.35 bits per heavy atom. The molecule has 0 N–H and O–H groups in total. The molecule has 2 rings (SSSR count). The fraction of sp³-hybridized carbons (Fsp3) is 0.882. The molecule has 1 heterocycles. The van der Waals surface area contributed by atoms with Crippen molar-refractivity contribution in [3.63, 3.8) is 0 Å². The molecule has 2 aliphatic rings. The Morgan fingerprint density at radius 1 is 1.22 bits per heavy atom. The first kappa shape index (κ1) is 18.2. The SMILES string of the molecule is COC(C)(C)O[C@H]1C(=O)N(C(=O)OC2CCCCC2)[C@H]1C(C)C. The zero-order chi connectivity index (χ0) is 17.2. The summed E-state index contributed by atoms with van der Waals surface area (Å²) in [6.45, 7) is 7.43. The van der Waals surface area contributed by atoms with Gasteiger partial charge < -0.3 is 14.2 Å². The van der Waals surface area contributed by atoms with Crippen LogP contribution in [0, 0.1) is 5.92 Å². The molecule has 2 fully saturated rings. The van der Waals surface area contributed by atoms with Gasteiger partial charge in [0.2, 0.25) is 0 Å². The summed E-state index contributed by atoms with van der Waals surface area (Å²) in [5.74, 6) is -1.12. The summed E-state index contributed by atoms with van der Waals surface area (Å²) in [6, 6.07) is -0.312. The van der Waals surface area contributed by atoms with Crippen molar-refractivity contribution < 1.29 is 23.8 Å². The van der Waals surface area contributed by atoms with E-state index in [1.165, 1.54) is 18.4 Å². The van der Waals surface area contributed by atoms with Crippen LogP contribution < -0.4 is 0 Å². The fourth-order valence-corrected chi connectivity index (χ4v) is 3.20. The lowest BCUT2D eigenvalue weighted by Crippen LogP contribution is -2.70. The van der Waals surface area contributed by atoms with E-state index in [0.29, 0.717) is 0 Å². The highest BCUT2D eigenvalue weighted by molar-refractivity contribution is 6.01. The van der Waals surface area contributed by atoms with Crippen LogP contribution in [-0.2, 0) is 19.0 Å². The summed E-state index contributed by atoms with van der Waals surface area (Å²) >= 11 is 0. The third-order valence-electron chi connectivity index (χ3n) is 4.69. The Bertz CT molecular complexity index is 442. The summed E-state index contributed by atoms with van der Waals surface area (Å²) in [5.41, 5.74) is 0. The molecule has 1 saturated heterocycles. The molecule has 0 aromatic rings. The molecule has 0 bridgehead atoms. The lowest BCUT2D eigenvalue weighted by atomic mass is 9.88. The predicted octanol–water partition coefficient (Wildman–Crippen LogP) is 3.09. The van der Waals surface area contributed by atoms with Gasteiger partial charge in [-0.25, -0.2) is 9.69 Å². The van der Waals surface area contributed by atoms with E-state index in [1.807, 2.05) is 13.8 Å². The van der Waals surface area contributed by atoms with Crippen LogP contribution in [-0.4, -0.2) is 48.0 Å². The number of rotatable bonds is 5. The minimum Gasteiger partial charge on any atom is -0.446 e. The highest BCUT2D eigenvalue weighted by atomic mass is 16.7. The maximum atomic E-state index is 12.4. The number of hydrogen-bond acceptors (Lipinski definition) is 5. The van der Waals surface area contributed by atoms with Crippen LogP contribution in [0.3, 0.4) is 0 Å². The Kier molecular flexibility index (Phi) is 5.68. The quantitative estimate of drug-likeness (QED) is 0.573. The lowest BCUT2D eigenvalue weighted by molar-refractivity contribution is -0.254. The van der Waals surface area contributed by atoms with Gasteiger partial charge in [0, 0.05) is 7.11 Å². The minimum absolute atomic E-state index is 0.0627. The fourth-order valence-electron chi connectivity index (χ4n) is 3.20. The first-order valence-corrected chi connectivity index (χ1v) is 8.53. The molecular weight excluding hydrogens is 298 g/mol. The normalized spacial score (nSPS) is 26.3. The molecule has 2 atom stereocenters. The van der Waals surface area contributed by atoms with Crippen molar-refractivity contribution in [3.8, 4) is 0 Å². The van der Waals surface area contributed by atoms with Gasteiger partial charge in [-0.15, -0.1) is 0 Å². The van der Waals surface area contributed by atoms with E-state index in [9.17, 15) is 9.59 Å². The van der Waals surface area contributed by atoms with Gasteiger partial charge in [-0.2, -0.15) is 0 Å². The molecule has 0 spiro atoms. The smallest absolute Gasteiger partial charge is 0.417 e. The number of carbonyl (C=O) groups is 2. The highest BCUT2D eigenvalue weighted by Crippen LogP contribution is 2.33. The van der Waals surface area contributed by atoms with Gasteiger partial charge in [0.25, 0.3) is 5.91 Å². The molecule has 132 valence electrons. The summed E-state index contributed by atoms with van der Waals surface area (Å²) in [6.07, 6.45) is 3.85. The second-order valence-corrected chi connectivity index (χ2v) is 7.23. The molecule has 0 radical (unpaired) electrons. The van der Waals surface area contributed by atoms with E-state index in [-0.39, 0.29) is 24.0 Å². The zero-order valence-electron chi connectivity index (χ0n) is 14.8. The van der Waals surface area contributed by atoms with Crippen LogP contribution in [0.2, 0.25) is 0 Å². The first-order chi connectivity index (χ1) is 10.8. The summed E-state index contributed by atoms with van der Waals surface area (Å²) < 4.78 is 16.5. The molecule has 1 aliphatic heterocycles. The minimum atomic E-state index is -0.868. The molecule has 0 aromatic heterocycles. The highest BCUT2D eigenvalue weighted by Gasteiger charge is 2.55. The van der Waals surface area contributed by atoms with Crippen LogP contribution >= 0.6 is 0 Å². The molecule has 2 amide bonds. The van der Waals surface area contributed by atoms with Gasteiger partial charge in [0.05, 0.1) is 6.04 Å². The number of imide groups is 1. The van der Waals surface area contributed by atoms with E-state index >= 15 is 0 Å². The second kappa shape index (κ2) is 7.18. The molecule has 6 heteroatoms. The van der Waals surface area contributed by atoms with Crippen LogP contribution in [0.25, 0.3) is 0 Å². The van der Waals surface area contributed by atoms with Gasteiger partial charge in [-0.1, -0.05) is 20.3 Å². The third-order valence-corrected chi connectivity index (χ3v) is 4.69. The number of hydrogen-bond donors (Lipinski definition) is 0. The number of amides is 2. The largest absolute Gasteiger partial charge is 0.446 e. The van der Waals surface area contributed by atoms with E-state index < -0.39 is 18.0 Å². The van der Waals surface area contributed by atoms with Crippen molar-refractivity contribution in [3.05, 3.63) is 0 Å². The molecule has 0 aromatic carbocycles. The Balaban J connectivity index is 2.01. The molecule has 6 nitrogen and oxygen atoms in total. The van der Waals surface area contributed by atoms with Crippen molar-refractivity contribution in [2.75, 3.05) is 7.11 Å². The van der Waals surface area contributed by atoms with Crippen LogP contribution in [0.5, 0.6) is 0 Å². The first-order valence-electron chi connectivity index (χ1n) is 8.53. The molecule has 0 unspecified atom stereocenters. The average molecular weight is 327 g/mol. The molecule has 1 saturated carbocycles.